The quantitative estimate of drug-likeness (QED) is 0.282. The number of aromatic nitrogens is 2. The first-order valence-electron chi connectivity index (χ1n) is 12.0. The van der Waals surface area contributed by atoms with Crippen LogP contribution in [0.2, 0.25) is 10.0 Å². The van der Waals surface area contributed by atoms with E-state index in [4.69, 9.17) is 28.2 Å². The lowest BCUT2D eigenvalue weighted by molar-refractivity contribution is 0.0696. The summed E-state index contributed by atoms with van der Waals surface area (Å²) >= 11 is 12.2. The van der Waals surface area contributed by atoms with Gasteiger partial charge < -0.3 is 15.0 Å². The van der Waals surface area contributed by atoms with Crippen molar-refractivity contribution in [2.45, 2.75) is 44.7 Å². The van der Waals surface area contributed by atoms with Gasteiger partial charge in [0.1, 0.15) is 5.82 Å². The highest BCUT2D eigenvalue weighted by Crippen LogP contribution is 2.36. The molecular formula is C28H25Cl2N3O3. The number of rotatable bonds is 6. The van der Waals surface area contributed by atoms with Crippen molar-refractivity contribution < 1.29 is 14.7 Å². The maximum absolute atomic E-state index is 12.7. The Balaban J connectivity index is 1.43. The van der Waals surface area contributed by atoms with Gasteiger partial charge in [-0.3, -0.25) is 4.79 Å². The number of hydrogen-bond donors (Lipinski definition) is 2. The van der Waals surface area contributed by atoms with Gasteiger partial charge in [-0.15, -0.1) is 0 Å². The van der Waals surface area contributed by atoms with Crippen LogP contribution in [0.25, 0.3) is 22.4 Å². The molecule has 1 saturated carbocycles. The number of aromatic carboxylic acids is 1. The number of carbonyl (C=O) groups excluding carboxylic acids is 1. The predicted octanol–water partition coefficient (Wildman–Crippen LogP) is 7.14. The summed E-state index contributed by atoms with van der Waals surface area (Å²) in [5.41, 5.74) is 4.01. The van der Waals surface area contributed by atoms with Gasteiger partial charge in [0.2, 0.25) is 0 Å². The summed E-state index contributed by atoms with van der Waals surface area (Å²) in [6.45, 7) is 0.292. The fourth-order valence-electron chi connectivity index (χ4n) is 4.86. The van der Waals surface area contributed by atoms with Gasteiger partial charge in [-0.1, -0.05) is 60.7 Å². The van der Waals surface area contributed by atoms with Crippen LogP contribution in [0, 0.1) is 0 Å². The molecule has 3 aromatic carbocycles. The van der Waals surface area contributed by atoms with Crippen LogP contribution < -0.4 is 5.32 Å². The number of fused-ring (bicyclic) bond motifs is 1. The first kappa shape index (κ1) is 24.3. The van der Waals surface area contributed by atoms with Crippen molar-refractivity contribution >= 4 is 46.1 Å². The van der Waals surface area contributed by atoms with Crippen LogP contribution in [0.15, 0.2) is 60.7 Å². The Morgan fingerprint density at radius 1 is 0.944 bits per heavy atom. The smallest absolute Gasteiger partial charge is 0.335 e. The van der Waals surface area contributed by atoms with Crippen molar-refractivity contribution in [3.63, 3.8) is 0 Å². The van der Waals surface area contributed by atoms with Gasteiger partial charge in [0, 0.05) is 33.8 Å². The second kappa shape index (κ2) is 10.3. The minimum atomic E-state index is -0.971. The second-order valence-corrected chi connectivity index (χ2v) is 9.95. The molecule has 0 aliphatic heterocycles. The van der Waals surface area contributed by atoms with E-state index >= 15 is 0 Å². The normalized spacial score (nSPS) is 14.2. The van der Waals surface area contributed by atoms with Crippen LogP contribution in [0.3, 0.4) is 0 Å². The molecule has 36 heavy (non-hydrogen) atoms. The van der Waals surface area contributed by atoms with E-state index in [0.29, 0.717) is 33.7 Å². The third kappa shape index (κ3) is 4.97. The molecule has 8 heteroatoms. The summed E-state index contributed by atoms with van der Waals surface area (Å²) in [5, 5.41) is 13.4. The van der Waals surface area contributed by atoms with Crippen LogP contribution in [0.4, 0.5) is 0 Å². The first-order chi connectivity index (χ1) is 17.4. The molecule has 0 bridgehead atoms. The van der Waals surface area contributed by atoms with E-state index in [2.05, 4.69) is 9.88 Å². The van der Waals surface area contributed by atoms with Gasteiger partial charge >= 0.3 is 5.97 Å². The van der Waals surface area contributed by atoms with E-state index in [9.17, 15) is 14.7 Å². The van der Waals surface area contributed by atoms with Gasteiger partial charge in [0.25, 0.3) is 5.91 Å². The fourth-order valence-corrected chi connectivity index (χ4v) is 5.33. The van der Waals surface area contributed by atoms with Crippen LogP contribution in [0.1, 0.15) is 64.4 Å². The van der Waals surface area contributed by atoms with Crippen LogP contribution in [0.5, 0.6) is 0 Å². The van der Waals surface area contributed by atoms with Crippen molar-refractivity contribution in [1.29, 1.82) is 0 Å². The van der Waals surface area contributed by atoms with E-state index in [-0.39, 0.29) is 11.5 Å². The number of hydrogen-bond acceptors (Lipinski definition) is 3. The van der Waals surface area contributed by atoms with Crippen molar-refractivity contribution in [3.8, 4) is 11.4 Å². The zero-order chi connectivity index (χ0) is 25.2. The zero-order valence-electron chi connectivity index (χ0n) is 19.5. The van der Waals surface area contributed by atoms with E-state index in [1.165, 1.54) is 6.42 Å². The molecule has 1 aromatic heterocycles. The molecule has 0 atom stereocenters. The number of imidazole rings is 1. The number of carboxylic acids is 1. The first-order valence-corrected chi connectivity index (χ1v) is 12.7. The Morgan fingerprint density at radius 2 is 1.67 bits per heavy atom. The maximum Gasteiger partial charge on any atom is 0.335 e. The summed E-state index contributed by atoms with van der Waals surface area (Å²) in [5.74, 6) is -0.389. The van der Waals surface area contributed by atoms with E-state index in [0.717, 1.165) is 48.2 Å². The molecule has 2 N–H and O–H groups in total. The Kier molecular flexibility index (Phi) is 6.99. The monoisotopic (exact) mass is 521 g/mol. The number of carboxylic acid groups (broad SMARTS) is 1. The van der Waals surface area contributed by atoms with Gasteiger partial charge in [0.05, 0.1) is 16.6 Å². The molecular weight excluding hydrogens is 497 g/mol. The summed E-state index contributed by atoms with van der Waals surface area (Å²) < 4.78 is 2.25. The lowest BCUT2D eigenvalue weighted by Crippen LogP contribution is -2.22. The molecule has 1 heterocycles. The molecule has 1 aliphatic rings. The molecule has 0 saturated heterocycles. The number of nitrogens with one attached hydrogen (secondary N) is 1. The standard InChI is InChI=1S/C28H25Cl2N3O3/c29-21-12-10-20(23(30)15-21)16-31-27(34)18-8-6-17(7-9-18)26-32-24-14-19(28(35)36)11-13-25(24)33(26)22-4-2-1-3-5-22/h6-15,22H,1-5,16H2,(H,31,34)(H,35,36). The summed E-state index contributed by atoms with van der Waals surface area (Å²) in [6, 6.07) is 17.9. The summed E-state index contributed by atoms with van der Waals surface area (Å²) in [4.78, 5) is 29.1. The Labute approximate surface area is 218 Å². The minimum Gasteiger partial charge on any atom is -0.478 e. The molecule has 6 nitrogen and oxygen atoms in total. The lowest BCUT2D eigenvalue weighted by atomic mass is 9.94. The fraction of sp³-hybridized carbons (Fsp3) is 0.250. The SMILES string of the molecule is O=C(O)c1ccc2c(c1)nc(-c1ccc(C(=O)NCc3ccc(Cl)cc3Cl)cc1)n2C1CCCCC1. The third-order valence-corrected chi connectivity index (χ3v) is 7.32. The lowest BCUT2D eigenvalue weighted by Gasteiger charge is -2.25. The summed E-state index contributed by atoms with van der Waals surface area (Å²) in [6.07, 6.45) is 5.67. The predicted molar refractivity (Wildman–Crippen MR) is 142 cm³/mol. The van der Waals surface area contributed by atoms with Gasteiger partial charge in [0.15, 0.2) is 0 Å². The van der Waals surface area contributed by atoms with Crippen LogP contribution in [-0.2, 0) is 6.54 Å². The number of halogens is 2. The molecule has 1 aliphatic carbocycles. The number of amides is 1. The largest absolute Gasteiger partial charge is 0.478 e. The Morgan fingerprint density at radius 3 is 2.36 bits per heavy atom. The van der Waals surface area contributed by atoms with E-state index in [1.54, 1.807) is 42.5 Å². The third-order valence-electron chi connectivity index (χ3n) is 6.74. The molecule has 184 valence electrons. The van der Waals surface area contributed by atoms with Gasteiger partial charge in [-0.25, -0.2) is 9.78 Å². The van der Waals surface area contributed by atoms with Crippen molar-refractivity contribution in [1.82, 2.24) is 14.9 Å². The van der Waals surface area contributed by atoms with Crippen LogP contribution in [-0.4, -0.2) is 26.5 Å². The van der Waals surface area contributed by atoms with Gasteiger partial charge in [-0.05, 0) is 60.9 Å². The molecule has 0 radical (unpaired) electrons. The molecule has 1 fully saturated rings. The topological polar surface area (TPSA) is 84.2 Å². The second-order valence-electron chi connectivity index (χ2n) is 9.10. The summed E-state index contributed by atoms with van der Waals surface area (Å²) in [7, 11) is 0. The minimum absolute atomic E-state index is 0.209. The van der Waals surface area contributed by atoms with Crippen molar-refractivity contribution in [3.05, 3.63) is 87.4 Å². The number of benzene rings is 3. The Bertz CT molecular complexity index is 1440. The Hall–Kier alpha value is -3.35. The molecule has 1 amide bonds. The molecule has 4 aromatic rings. The van der Waals surface area contributed by atoms with E-state index in [1.807, 2.05) is 18.2 Å². The average molecular weight is 522 g/mol. The molecule has 5 rings (SSSR count). The maximum atomic E-state index is 12.7. The number of carbonyl (C=O) groups is 2. The highest BCUT2D eigenvalue weighted by molar-refractivity contribution is 6.35. The van der Waals surface area contributed by atoms with Crippen LogP contribution >= 0.6 is 23.2 Å². The molecule has 0 unspecified atom stereocenters. The van der Waals surface area contributed by atoms with Gasteiger partial charge in [-0.2, -0.15) is 0 Å². The average Bonchev–Trinajstić information content (AvgIpc) is 3.27. The highest BCUT2D eigenvalue weighted by atomic mass is 35.5. The van der Waals surface area contributed by atoms with Crippen molar-refractivity contribution in [2.75, 3.05) is 0 Å². The molecule has 0 spiro atoms. The number of nitrogens with zero attached hydrogens (tertiary/aromatic N) is 2. The highest BCUT2D eigenvalue weighted by Gasteiger charge is 2.23. The van der Waals surface area contributed by atoms with Crippen molar-refractivity contribution in [2.24, 2.45) is 0 Å². The zero-order valence-corrected chi connectivity index (χ0v) is 21.0. The van der Waals surface area contributed by atoms with E-state index < -0.39 is 5.97 Å².